The van der Waals surface area contributed by atoms with Gasteiger partial charge in [0.15, 0.2) is 0 Å². The normalized spacial score (nSPS) is 12.0. The van der Waals surface area contributed by atoms with Crippen LogP contribution in [0, 0.1) is 13.8 Å². The number of aryl methyl sites for hydroxylation is 1. The van der Waals surface area contributed by atoms with Gasteiger partial charge in [-0.05, 0) is 32.0 Å². The fraction of sp³-hybridized carbons (Fsp3) is 0.263. The van der Waals surface area contributed by atoms with Gasteiger partial charge in [-0.15, -0.1) is 0 Å². The summed E-state index contributed by atoms with van der Waals surface area (Å²) in [4.78, 5) is 12.5. The number of pyridine rings is 1. The van der Waals surface area contributed by atoms with Crippen LogP contribution in [-0.4, -0.2) is 33.4 Å². The zero-order valence-corrected chi connectivity index (χ0v) is 16.0. The van der Waals surface area contributed by atoms with E-state index >= 15 is 0 Å². The van der Waals surface area contributed by atoms with Gasteiger partial charge in [-0.25, -0.2) is 4.98 Å². The molecule has 0 aliphatic rings. The first-order valence-electron chi connectivity index (χ1n) is 8.10. The molecule has 136 valence electrons. The van der Waals surface area contributed by atoms with E-state index in [1.165, 1.54) is 0 Å². The van der Waals surface area contributed by atoms with Crippen molar-refractivity contribution in [3.8, 4) is 22.9 Å². The fourth-order valence-electron chi connectivity index (χ4n) is 2.85. The molecule has 0 aliphatic heterocycles. The number of nitrogens with zero attached hydrogens (tertiary/aromatic N) is 2. The van der Waals surface area contributed by atoms with Crippen LogP contribution < -0.4 is 9.47 Å². The van der Waals surface area contributed by atoms with Crippen molar-refractivity contribution in [2.45, 2.75) is 24.5 Å². The standard InChI is InChI=1S/C19H21N3O3S/c1-12-10-22-16(13(2)18(12)25-4)11-26(23)17-6-5-14(24-3)9-15(17)19-20-7-8-21-19/h5-10H,11H2,1-4H3,(H,20,21). The summed E-state index contributed by atoms with van der Waals surface area (Å²) in [7, 11) is 1.93. The lowest BCUT2D eigenvalue weighted by Crippen LogP contribution is -2.05. The molecule has 1 unspecified atom stereocenters. The number of nitrogens with one attached hydrogen (secondary N) is 1. The van der Waals surface area contributed by atoms with Crippen LogP contribution >= 0.6 is 0 Å². The third-order valence-electron chi connectivity index (χ3n) is 4.20. The van der Waals surface area contributed by atoms with Gasteiger partial charge in [0.05, 0.1) is 41.4 Å². The average Bonchev–Trinajstić information content (AvgIpc) is 3.18. The van der Waals surface area contributed by atoms with Crippen LogP contribution in [0.3, 0.4) is 0 Å². The van der Waals surface area contributed by atoms with Crippen LogP contribution in [0.2, 0.25) is 0 Å². The van der Waals surface area contributed by atoms with Crippen LogP contribution in [-0.2, 0) is 16.6 Å². The van der Waals surface area contributed by atoms with Gasteiger partial charge in [-0.2, -0.15) is 0 Å². The minimum absolute atomic E-state index is 0.294. The molecule has 26 heavy (non-hydrogen) atoms. The van der Waals surface area contributed by atoms with Crippen molar-refractivity contribution < 1.29 is 13.7 Å². The molecule has 6 nitrogen and oxygen atoms in total. The molecule has 0 saturated carbocycles. The Balaban J connectivity index is 1.99. The minimum Gasteiger partial charge on any atom is -0.497 e. The Morgan fingerprint density at radius 1 is 1.15 bits per heavy atom. The molecule has 7 heteroatoms. The van der Waals surface area contributed by atoms with E-state index in [1.807, 2.05) is 26.0 Å². The van der Waals surface area contributed by atoms with E-state index in [1.54, 1.807) is 38.9 Å². The Kier molecular flexibility index (Phi) is 5.37. The van der Waals surface area contributed by atoms with Crippen molar-refractivity contribution in [3.63, 3.8) is 0 Å². The molecule has 2 aromatic heterocycles. The molecule has 3 rings (SSSR count). The van der Waals surface area contributed by atoms with E-state index in [2.05, 4.69) is 15.0 Å². The molecule has 3 aromatic rings. The number of benzene rings is 1. The van der Waals surface area contributed by atoms with Gasteiger partial charge < -0.3 is 14.5 Å². The number of imidazole rings is 1. The van der Waals surface area contributed by atoms with E-state index in [4.69, 9.17) is 9.47 Å². The first-order valence-corrected chi connectivity index (χ1v) is 9.42. The maximum absolute atomic E-state index is 13.1. The predicted molar refractivity (Wildman–Crippen MR) is 101 cm³/mol. The molecular weight excluding hydrogens is 350 g/mol. The van der Waals surface area contributed by atoms with Gasteiger partial charge in [-0.3, -0.25) is 9.19 Å². The SMILES string of the molecule is COc1ccc(S(=O)Cc2ncc(C)c(OC)c2C)c(-c2ncc[nH]2)c1. The lowest BCUT2D eigenvalue weighted by molar-refractivity contribution is 0.407. The summed E-state index contributed by atoms with van der Waals surface area (Å²) in [6.07, 6.45) is 5.15. The number of aromatic nitrogens is 3. The Morgan fingerprint density at radius 2 is 1.96 bits per heavy atom. The minimum atomic E-state index is -1.30. The smallest absolute Gasteiger partial charge is 0.138 e. The number of methoxy groups -OCH3 is 2. The van der Waals surface area contributed by atoms with E-state index in [0.29, 0.717) is 22.2 Å². The highest BCUT2D eigenvalue weighted by Crippen LogP contribution is 2.31. The predicted octanol–water partition coefficient (Wildman–Crippen LogP) is 3.41. The number of hydrogen-bond donors (Lipinski definition) is 1. The quantitative estimate of drug-likeness (QED) is 0.718. The molecule has 1 aromatic carbocycles. The Labute approximate surface area is 155 Å². The molecule has 0 amide bonds. The summed E-state index contributed by atoms with van der Waals surface area (Å²) in [5.41, 5.74) is 3.38. The highest BCUT2D eigenvalue weighted by atomic mass is 32.2. The van der Waals surface area contributed by atoms with Crippen molar-refractivity contribution in [1.29, 1.82) is 0 Å². The number of hydrogen-bond acceptors (Lipinski definition) is 5. The highest BCUT2D eigenvalue weighted by molar-refractivity contribution is 7.84. The maximum Gasteiger partial charge on any atom is 0.138 e. The summed E-state index contributed by atoms with van der Waals surface area (Å²) in [6, 6.07) is 5.45. The van der Waals surface area contributed by atoms with Gasteiger partial charge in [0, 0.05) is 35.3 Å². The van der Waals surface area contributed by atoms with Crippen molar-refractivity contribution in [1.82, 2.24) is 15.0 Å². The summed E-state index contributed by atoms with van der Waals surface area (Å²) < 4.78 is 23.9. The van der Waals surface area contributed by atoms with Crippen molar-refractivity contribution in [2.24, 2.45) is 0 Å². The molecule has 0 fully saturated rings. The van der Waals surface area contributed by atoms with Gasteiger partial charge >= 0.3 is 0 Å². The van der Waals surface area contributed by atoms with Gasteiger partial charge in [0.1, 0.15) is 17.3 Å². The number of aromatic amines is 1. The molecule has 0 spiro atoms. The topological polar surface area (TPSA) is 77.1 Å². The first kappa shape index (κ1) is 18.1. The van der Waals surface area contributed by atoms with E-state index in [0.717, 1.165) is 28.1 Å². The zero-order chi connectivity index (χ0) is 18.7. The molecule has 0 aliphatic carbocycles. The Bertz CT molecular complexity index is 939. The van der Waals surface area contributed by atoms with Gasteiger partial charge in [0.2, 0.25) is 0 Å². The average molecular weight is 371 g/mol. The lowest BCUT2D eigenvalue weighted by atomic mass is 10.1. The van der Waals surface area contributed by atoms with Crippen molar-refractivity contribution in [3.05, 3.63) is 53.6 Å². The van der Waals surface area contributed by atoms with Crippen LogP contribution in [0.5, 0.6) is 11.5 Å². The second-order valence-corrected chi connectivity index (χ2v) is 7.26. The van der Waals surface area contributed by atoms with Crippen molar-refractivity contribution >= 4 is 10.8 Å². The third kappa shape index (κ3) is 3.48. The number of H-pyrrole nitrogens is 1. The molecular formula is C19H21N3O3S. The Morgan fingerprint density at radius 3 is 2.62 bits per heavy atom. The monoisotopic (exact) mass is 371 g/mol. The van der Waals surface area contributed by atoms with Gasteiger partial charge in [-0.1, -0.05) is 0 Å². The van der Waals surface area contributed by atoms with E-state index in [-0.39, 0.29) is 0 Å². The number of ether oxygens (including phenoxy) is 2. The molecule has 2 heterocycles. The third-order valence-corrected chi connectivity index (χ3v) is 5.59. The summed E-state index contributed by atoms with van der Waals surface area (Å²) in [5, 5.41) is 0. The highest BCUT2D eigenvalue weighted by Gasteiger charge is 2.18. The van der Waals surface area contributed by atoms with E-state index in [9.17, 15) is 4.21 Å². The summed E-state index contributed by atoms with van der Waals surface area (Å²) in [6.45, 7) is 3.88. The van der Waals surface area contributed by atoms with Crippen LogP contribution in [0.4, 0.5) is 0 Å². The van der Waals surface area contributed by atoms with Crippen molar-refractivity contribution in [2.75, 3.05) is 14.2 Å². The second-order valence-electron chi connectivity index (χ2n) is 5.84. The summed E-state index contributed by atoms with van der Waals surface area (Å²) >= 11 is 0. The molecule has 0 bridgehead atoms. The van der Waals surface area contributed by atoms with Crippen LogP contribution in [0.15, 0.2) is 41.7 Å². The maximum atomic E-state index is 13.1. The molecule has 1 N–H and O–H groups in total. The Hall–Kier alpha value is -2.67. The summed E-state index contributed by atoms with van der Waals surface area (Å²) in [5.74, 6) is 2.41. The molecule has 0 radical (unpaired) electrons. The molecule has 0 saturated heterocycles. The second kappa shape index (κ2) is 7.70. The van der Waals surface area contributed by atoms with Gasteiger partial charge in [0.25, 0.3) is 0 Å². The fourth-order valence-corrected chi connectivity index (χ4v) is 4.17. The van der Waals surface area contributed by atoms with E-state index < -0.39 is 10.8 Å². The number of rotatable bonds is 6. The van der Waals surface area contributed by atoms with Crippen LogP contribution in [0.1, 0.15) is 16.8 Å². The lowest BCUT2D eigenvalue weighted by Gasteiger charge is -2.13. The molecule has 1 atom stereocenters. The van der Waals surface area contributed by atoms with Crippen LogP contribution in [0.25, 0.3) is 11.4 Å². The zero-order valence-electron chi connectivity index (χ0n) is 15.2. The first-order chi connectivity index (χ1) is 12.5. The largest absolute Gasteiger partial charge is 0.497 e.